The van der Waals surface area contributed by atoms with Crippen LogP contribution in [0.3, 0.4) is 0 Å². The van der Waals surface area contributed by atoms with Gasteiger partial charge in [0.15, 0.2) is 11.5 Å². The topological polar surface area (TPSA) is 47.7 Å². The molecule has 1 aliphatic rings. The van der Waals surface area contributed by atoms with Crippen LogP contribution in [0.25, 0.3) is 0 Å². The Morgan fingerprint density at radius 1 is 1.22 bits per heavy atom. The summed E-state index contributed by atoms with van der Waals surface area (Å²) < 4.78 is 11.2. The number of benzene rings is 1. The number of likely N-dealkylation sites (N-methyl/N-ethyl adjacent to an activating group) is 1. The average Bonchev–Trinajstić information content (AvgIpc) is 2.38. The molecule has 2 unspecified atom stereocenters. The Kier molecular flexibility index (Phi) is 4.09. The van der Waals surface area contributed by atoms with Gasteiger partial charge in [0.2, 0.25) is 0 Å². The second-order valence-electron chi connectivity index (χ2n) is 4.96. The molecule has 0 amide bonds. The van der Waals surface area contributed by atoms with E-state index in [1.807, 2.05) is 6.07 Å². The van der Waals surface area contributed by atoms with Gasteiger partial charge in [0.1, 0.15) is 13.2 Å². The van der Waals surface area contributed by atoms with Crippen molar-refractivity contribution in [3.63, 3.8) is 0 Å². The van der Waals surface area contributed by atoms with Crippen molar-refractivity contribution in [2.75, 3.05) is 33.9 Å². The van der Waals surface area contributed by atoms with Crippen LogP contribution >= 0.6 is 0 Å². The molecule has 2 N–H and O–H groups in total. The molecule has 1 aromatic carbocycles. The third-order valence-corrected chi connectivity index (χ3v) is 3.57. The van der Waals surface area contributed by atoms with E-state index in [0.29, 0.717) is 31.7 Å². The fraction of sp³-hybridized carbons (Fsp3) is 0.571. The first kappa shape index (κ1) is 13.2. The number of nitrogens with zero attached hydrogens (tertiary/aromatic N) is 1. The molecule has 0 bridgehead atoms. The van der Waals surface area contributed by atoms with Crippen molar-refractivity contribution in [3.8, 4) is 11.5 Å². The number of hydrogen-bond acceptors (Lipinski definition) is 4. The Morgan fingerprint density at radius 3 is 2.50 bits per heavy atom. The molecular formula is C14H22N2O2. The van der Waals surface area contributed by atoms with E-state index in [4.69, 9.17) is 15.2 Å². The summed E-state index contributed by atoms with van der Waals surface area (Å²) >= 11 is 0. The van der Waals surface area contributed by atoms with E-state index in [-0.39, 0.29) is 0 Å². The third kappa shape index (κ3) is 2.60. The van der Waals surface area contributed by atoms with Crippen molar-refractivity contribution in [2.24, 2.45) is 5.73 Å². The van der Waals surface area contributed by atoms with E-state index < -0.39 is 0 Å². The van der Waals surface area contributed by atoms with Gasteiger partial charge >= 0.3 is 0 Å². The zero-order valence-electron chi connectivity index (χ0n) is 11.3. The fourth-order valence-electron chi connectivity index (χ4n) is 2.43. The molecule has 4 heteroatoms. The molecule has 0 aromatic heterocycles. The summed E-state index contributed by atoms with van der Waals surface area (Å²) in [6.07, 6.45) is 0. The first-order valence-corrected chi connectivity index (χ1v) is 6.39. The summed E-state index contributed by atoms with van der Waals surface area (Å²) in [4.78, 5) is 2.17. The highest BCUT2D eigenvalue weighted by Crippen LogP contribution is 2.34. The minimum Gasteiger partial charge on any atom is -0.486 e. The molecule has 18 heavy (non-hydrogen) atoms. The highest BCUT2D eigenvalue weighted by Gasteiger charge is 2.21. The van der Waals surface area contributed by atoms with Crippen LogP contribution in [-0.4, -0.2) is 44.8 Å². The molecule has 1 aliphatic heterocycles. The quantitative estimate of drug-likeness (QED) is 0.878. The molecule has 0 aliphatic carbocycles. The van der Waals surface area contributed by atoms with Gasteiger partial charge in [-0.2, -0.15) is 0 Å². The van der Waals surface area contributed by atoms with E-state index in [1.54, 1.807) is 0 Å². The van der Waals surface area contributed by atoms with E-state index in [1.165, 1.54) is 5.56 Å². The highest BCUT2D eigenvalue weighted by atomic mass is 16.6. The van der Waals surface area contributed by atoms with Gasteiger partial charge in [-0.15, -0.1) is 0 Å². The van der Waals surface area contributed by atoms with Gasteiger partial charge in [0, 0.05) is 12.6 Å². The van der Waals surface area contributed by atoms with Crippen LogP contribution in [0.5, 0.6) is 11.5 Å². The standard InChI is InChI=1S/C14H22N2O2/c1-10(12(9-15)16(2)3)11-4-5-13-14(8-11)18-7-6-17-13/h4-5,8,10,12H,6-7,9,15H2,1-3H3. The van der Waals surface area contributed by atoms with Gasteiger partial charge in [-0.1, -0.05) is 13.0 Å². The van der Waals surface area contributed by atoms with Crippen molar-refractivity contribution in [2.45, 2.75) is 18.9 Å². The van der Waals surface area contributed by atoms with Crippen LogP contribution in [0, 0.1) is 0 Å². The number of fused-ring (bicyclic) bond motifs is 1. The van der Waals surface area contributed by atoms with Crippen LogP contribution in [0.15, 0.2) is 18.2 Å². The van der Waals surface area contributed by atoms with Crippen LogP contribution in [0.2, 0.25) is 0 Å². The third-order valence-electron chi connectivity index (χ3n) is 3.57. The molecular weight excluding hydrogens is 228 g/mol. The van der Waals surface area contributed by atoms with Crippen LogP contribution in [-0.2, 0) is 0 Å². The lowest BCUT2D eigenvalue weighted by Crippen LogP contribution is -2.39. The lowest BCUT2D eigenvalue weighted by atomic mass is 9.92. The van der Waals surface area contributed by atoms with Crippen LogP contribution in [0.4, 0.5) is 0 Å². The zero-order valence-corrected chi connectivity index (χ0v) is 11.3. The predicted molar refractivity (Wildman–Crippen MR) is 72.4 cm³/mol. The van der Waals surface area contributed by atoms with Gasteiger partial charge in [0.05, 0.1) is 0 Å². The van der Waals surface area contributed by atoms with Gasteiger partial charge in [-0.25, -0.2) is 0 Å². The van der Waals surface area contributed by atoms with Crippen molar-refractivity contribution in [1.29, 1.82) is 0 Å². The molecule has 0 radical (unpaired) electrons. The van der Waals surface area contributed by atoms with Gasteiger partial charge in [-0.3, -0.25) is 0 Å². The Balaban J connectivity index is 2.22. The average molecular weight is 250 g/mol. The molecule has 2 atom stereocenters. The summed E-state index contributed by atoms with van der Waals surface area (Å²) in [6, 6.07) is 6.49. The van der Waals surface area contributed by atoms with Crippen molar-refractivity contribution in [1.82, 2.24) is 4.90 Å². The fourth-order valence-corrected chi connectivity index (χ4v) is 2.43. The lowest BCUT2D eigenvalue weighted by Gasteiger charge is -2.30. The van der Waals surface area contributed by atoms with Gasteiger partial charge in [-0.05, 0) is 37.7 Å². The summed E-state index contributed by atoms with van der Waals surface area (Å²) in [5.41, 5.74) is 7.09. The summed E-state index contributed by atoms with van der Waals surface area (Å²) in [5.74, 6) is 2.05. The van der Waals surface area contributed by atoms with Gasteiger partial charge < -0.3 is 20.1 Å². The minimum atomic E-state index is 0.326. The predicted octanol–water partition coefficient (Wildman–Crippen LogP) is 1.45. The van der Waals surface area contributed by atoms with Crippen LogP contribution < -0.4 is 15.2 Å². The molecule has 100 valence electrons. The zero-order chi connectivity index (χ0) is 13.1. The highest BCUT2D eigenvalue weighted by molar-refractivity contribution is 5.45. The maximum atomic E-state index is 5.85. The monoisotopic (exact) mass is 250 g/mol. The second kappa shape index (κ2) is 5.59. The molecule has 4 nitrogen and oxygen atoms in total. The molecule has 1 heterocycles. The van der Waals surface area contributed by atoms with Crippen molar-refractivity contribution < 1.29 is 9.47 Å². The maximum absolute atomic E-state index is 5.85. The molecule has 2 rings (SSSR count). The normalized spacial score (nSPS) is 17.6. The maximum Gasteiger partial charge on any atom is 0.161 e. The van der Waals surface area contributed by atoms with E-state index >= 15 is 0 Å². The van der Waals surface area contributed by atoms with E-state index in [9.17, 15) is 0 Å². The van der Waals surface area contributed by atoms with Gasteiger partial charge in [0.25, 0.3) is 0 Å². The molecule has 0 saturated carbocycles. The number of ether oxygens (including phenoxy) is 2. The molecule has 1 aromatic rings. The first-order valence-electron chi connectivity index (χ1n) is 6.39. The van der Waals surface area contributed by atoms with E-state index in [0.717, 1.165) is 11.5 Å². The molecule has 0 fully saturated rings. The Bertz CT molecular complexity index is 407. The first-order chi connectivity index (χ1) is 8.63. The minimum absolute atomic E-state index is 0.326. The number of nitrogens with two attached hydrogens (primary N) is 1. The van der Waals surface area contributed by atoms with E-state index in [2.05, 4.69) is 38.1 Å². The Hall–Kier alpha value is -1.26. The summed E-state index contributed by atoms with van der Waals surface area (Å²) in [7, 11) is 4.12. The van der Waals surface area contributed by atoms with Crippen LogP contribution in [0.1, 0.15) is 18.4 Å². The number of rotatable bonds is 4. The largest absolute Gasteiger partial charge is 0.486 e. The smallest absolute Gasteiger partial charge is 0.161 e. The second-order valence-corrected chi connectivity index (χ2v) is 4.96. The van der Waals surface area contributed by atoms with Crippen molar-refractivity contribution >= 4 is 0 Å². The molecule has 0 spiro atoms. The SMILES string of the molecule is CC(c1ccc2c(c1)OCCO2)C(CN)N(C)C. The summed E-state index contributed by atoms with van der Waals surface area (Å²) in [6.45, 7) is 4.09. The van der Waals surface area contributed by atoms with Crippen molar-refractivity contribution in [3.05, 3.63) is 23.8 Å². The Labute approximate surface area is 109 Å². The molecule has 0 saturated heterocycles. The summed E-state index contributed by atoms with van der Waals surface area (Å²) in [5, 5.41) is 0. The Morgan fingerprint density at radius 2 is 1.89 bits per heavy atom. The number of hydrogen-bond donors (Lipinski definition) is 1. The lowest BCUT2D eigenvalue weighted by molar-refractivity contribution is 0.171.